The molecule has 0 aromatic carbocycles. The van der Waals surface area contributed by atoms with Crippen LogP contribution in [0.25, 0.3) is 11.6 Å². The lowest BCUT2D eigenvalue weighted by Gasteiger charge is -2.21. The topological polar surface area (TPSA) is 12.9 Å². The van der Waals surface area contributed by atoms with Crippen molar-refractivity contribution in [3.63, 3.8) is 0 Å². The Balaban J connectivity index is 2.67. The predicted molar refractivity (Wildman–Crippen MR) is 82.6 cm³/mol. The average Bonchev–Trinajstić information content (AvgIpc) is 2.28. The van der Waals surface area contributed by atoms with E-state index in [4.69, 9.17) is 0 Å². The summed E-state index contributed by atoms with van der Waals surface area (Å²) in [5.74, 6) is 2.09. The predicted octanol–water partition coefficient (Wildman–Crippen LogP) is 4.96. The summed E-state index contributed by atoms with van der Waals surface area (Å²) in [4.78, 5) is 4.40. The Morgan fingerprint density at radius 2 is 1.89 bits per heavy atom. The summed E-state index contributed by atoms with van der Waals surface area (Å²) >= 11 is 1.88. The molecule has 2 heterocycles. The first-order chi connectivity index (χ1) is 8.61. The van der Waals surface area contributed by atoms with Crippen molar-refractivity contribution in [1.82, 2.24) is 4.98 Å². The lowest BCUT2D eigenvalue weighted by atomic mass is 9.86. The fourth-order valence-corrected chi connectivity index (χ4v) is 3.12. The molecule has 0 bridgehead atoms. The second kappa shape index (κ2) is 5.75. The fourth-order valence-electron chi connectivity index (χ4n) is 2.24. The van der Waals surface area contributed by atoms with Gasteiger partial charge in [0.15, 0.2) is 0 Å². The van der Waals surface area contributed by atoms with Crippen molar-refractivity contribution in [1.29, 1.82) is 0 Å². The summed E-state index contributed by atoms with van der Waals surface area (Å²) in [5, 5.41) is 2.33. The number of allylic oxidation sites excluding steroid dienone is 1. The Morgan fingerprint density at radius 3 is 2.56 bits per heavy atom. The average molecular weight is 259 g/mol. The minimum Gasteiger partial charge on any atom is -0.264 e. The van der Waals surface area contributed by atoms with E-state index in [2.05, 4.69) is 50.2 Å². The second-order valence-corrected chi connectivity index (χ2v) is 6.21. The highest BCUT2D eigenvalue weighted by Gasteiger charge is 2.17. The molecule has 96 valence electrons. The summed E-state index contributed by atoms with van der Waals surface area (Å²) in [5.41, 5.74) is 5.48. The maximum absolute atomic E-state index is 4.40. The van der Waals surface area contributed by atoms with Crippen molar-refractivity contribution in [3.05, 3.63) is 40.6 Å². The van der Waals surface area contributed by atoms with Gasteiger partial charge in [-0.1, -0.05) is 39.8 Å². The van der Waals surface area contributed by atoms with E-state index in [0.717, 1.165) is 5.75 Å². The minimum atomic E-state index is 0.507. The largest absolute Gasteiger partial charge is 0.264 e. The second-order valence-electron chi connectivity index (χ2n) is 5.31. The van der Waals surface area contributed by atoms with Crippen molar-refractivity contribution < 1.29 is 0 Å². The SMILES string of the molecule is CC(C)/C1=C/SC/C=C\c2cncc(C(C)C)c21. The summed E-state index contributed by atoms with van der Waals surface area (Å²) in [7, 11) is 0. The highest BCUT2D eigenvalue weighted by molar-refractivity contribution is 8.02. The van der Waals surface area contributed by atoms with Crippen LogP contribution in [0, 0.1) is 5.92 Å². The molecule has 0 fully saturated rings. The lowest BCUT2D eigenvalue weighted by Crippen LogP contribution is -2.05. The van der Waals surface area contributed by atoms with Crippen LogP contribution in [0.3, 0.4) is 0 Å². The van der Waals surface area contributed by atoms with Crippen LogP contribution in [0.2, 0.25) is 0 Å². The molecule has 0 saturated carbocycles. The van der Waals surface area contributed by atoms with E-state index >= 15 is 0 Å². The highest BCUT2D eigenvalue weighted by Crippen LogP contribution is 2.35. The lowest BCUT2D eigenvalue weighted by molar-refractivity contribution is 0.824. The highest BCUT2D eigenvalue weighted by atomic mass is 32.2. The standard InChI is InChI=1S/C16H21NS/c1-11(2)14-9-17-8-13-6-5-7-18-10-15(12(3)4)16(13)14/h5-6,8-12H,7H2,1-4H3/b6-5-,15-10-. The van der Waals surface area contributed by atoms with Gasteiger partial charge in [0.05, 0.1) is 0 Å². The van der Waals surface area contributed by atoms with Gasteiger partial charge >= 0.3 is 0 Å². The van der Waals surface area contributed by atoms with Gasteiger partial charge in [-0.2, -0.15) is 0 Å². The number of rotatable bonds is 2. The molecule has 1 aliphatic rings. The number of thioether (sulfide) groups is 1. The number of fused-ring (bicyclic) bond motifs is 1. The van der Waals surface area contributed by atoms with Gasteiger partial charge in [-0.3, -0.25) is 4.98 Å². The summed E-state index contributed by atoms with van der Waals surface area (Å²) in [6.07, 6.45) is 8.46. The molecule has 0 N–H and O–H groups in total. The number of hydrogen-bond acceptors (Lipinski definition) is 2. The van der Waals surface area contributed by atoms with E-state index in [-0.39, 0.29) is 0 Å². The summed E-state index contributed by atoms with van der Waals surface area (Å²) in [6, 6.07) is 0. The molecule has 0 atom stereocenters. The molecule has 1 aliphatic heterocycles. The van der Waals surface area contributed by atoms with Crippen LogP contribution in [0.4, 0.5) is 0 Å². The molecule has 0 aliphatic carbocycles. The summed E-state index contributed by atoms with van der Waals surface area (Å²) < 4.78 is 0. The Hall–Kier alpha value is -1.02. The van der Waals surface area contributed by atoms with Crippen LogP contribution >= 0.6 is 11.8 Å². The Kier molecular flexibility index (Phi) is 4.28. The molecular formula is C16H21NS. The zero-order chi connectivity index (χ0) is 13.1. The zero-order valence-electron chi connectivity index (χ0n) is 11.6. The van der Waals surface area contributed by atoms with Gasteiger partial charge in [0.25, 0.3) is 0 Å². The van der Waals surface area contributed by atoms with Crippen LogP contribution in [-0.2, 0) is 0 Å². The number of pyridine rings is 1. The Labute approximate surface area is 114 Å². The first kappa shape index (κ1) is 13.4. The number of aromatic nitrogens is 1. The fraction of sp³-hybridized carbons (Fsp3) is 0.438. The molecule has 2 rings (SSSR count). The van der Waals surface area contributed by atoms with Crippen LogP contribution in [0.1, 0.15) is 50.3 Å². The first-order valence-corrected chi connectivity index (χ1v) is 7.62. The molecule has 0 amide bonds. The summed E-state index contributed by atoms with van der Waals surface area (Å²) in [6.45, 7) is 9.02. The van der Waals surface area contributed by atoms with Gasteiger partial charge in [0.1, 0.15) is 0 Å². The van der Waals surface area contributed by atoms with Crippen molar-refractivity contribution in [2.45, 2.75) is 33.6 Å². The molecule has 0 spiro atoms. The molecule has 1 aromatic rings. The van der Waals surface area contributed by atoms with E-state index in [1.807, 2.05) is 24.2 Å². The van der Waals surface area contributed by atoms with E-state index in [1.165, 1.54) is 22.3 Å². The Morgan fingerprint density at radius 1 is 1.11 bits per heavy atom. The molecule has 18 heavy (non-hydrogen) atoms. The van der Waals surface area contributed by atoms with Crippen LogP contribution in [0.5, 0.6) is 0 Å². The Bertz CT molecular complexity index is 484. The van der Waals surface area contributed by atoms with Crippen molar-refractivity contribution in [2.24, 2.45) is 5.92 Å². The van der Waals surface area contributed by atoms with Gasteiger partial charge in [0.2, 0.25) is 0 Å². The molecule has 0 unspecified atom stereocenters. The van der Waals surface area contributed by atoms with Crippen LogP contribution in [-0.4, -0.2) is 10.7 Å². The van der Waals surface area contributed by atoms with E-state index < -0.39 is 0 Å². The molecule has 0 radical (unpaired) electrons. The van der Waals surface area contributed by atoms with Crippen LogP contribution < -0.4 is 0 Å². The van der Waals surface area contributed by atoms with E-state index in [1.54, 1.807) is 0 Å². The monoisotopic (exact) mass is 259 g/mol. The normalized spacial score (nSPS) is 20.0. The third-order valence-electron chi connectivity index (χ3n) is 3.24. The maximum atomic E-state index is 4.40. The van der Waals surface area contributed by atoms with Crippen molar-refractivity contribution in [3.8, 4) is 0 Å². The van der Waals surface area contributed by atoms with E-state index in [9.17, 15) is 0 Å². The smallest absolute Gasteiger partial charge is 0.0346 e. The zero-order valence-corrected chi connectivity index (χ0v) is 12.4. The van der Waals surface area contributed by atoms with Gasteiger partial charge in [-0.25, -0.2) is 0 Å². The van der Waals surface area contributed by atoms with Crippen molar-refractivity contribution >= 4 is 23.4 Å². The molecule has 1 aromatic heterocycles. The number of hydrogen-bond donors (Lipinski definition) is 0. The van der Waals surface area contributed by atoms with Gasteiger partial charge < -0.3 is 0 Å². The van der Waals surface area contributed by atoms with Gasteiger partial charge in [-0.15, -0.1) is 11.8 Å². The quantitative estimate of drug-likeness (QED) is 0.744. The van der Waals surface area contributed by atoms with Gasteiger partial charge in [-0.05, 0) is 33.9 Å². The van der Waals surface area contributed by atoms with Crippen LogP contribution in [0.15, 0.2) is 23.9 Å². The molecular weight excluding hydrogens is 238 g/mol. The minimum absolute atomic E-state index is 0.507. The third kappa shape index (κ3) is 2.69. The molecule has 2 heteroatoms. The number of nitrogens with zero attached hydrogens (tertiary/aromatic N) is 1. The first-order valence-electron chi connectivity index (χ1n) is 6.57. The van der Waals surface area contributed by atoms with Gasteiger partial charge in [0, 0.05) is 23.7 Å². The van der Waals surface area contributed by atoms with E-state index in [0.29, 0.717) is 11.8 Å². The molecule has 1 nitrogen and oxygen atoms in total. The third-order valence-corrected chi connectivity index (χ3v) is 4.04. The maximum Gasteiger partial charge on any atom is 0.0346 e. The van der Waals surface area contributed by atoms with Crippen molar-refractivity contribution in [2.75, 3.05) is 5.75 Å². The molecule has 0 saturated heterocycles.